The second-order valence-corrected chi connectivity index (χ2v) is 4.90. The Kier molecular flexibility index (Phi) is 3.90. The molecular weight excluding hydrogens is 218 g/mol. The number of aromatic nitrogens is 1. The second-order valence-electron chi connectivity index (χ2n) is 4.90. The van der Waals surface area contributed by atoms with Gasteiger partial charge in [-0.25, -0.2) is 0 Å². The van der Waals surface area contributed by atoms with E-state index in [-0.39, 0.29) is 0 Å². The van der Waals surface area contributed by atoms with E-state index in [2.05, 4.69) is 56.2 Å². The van der Waals surface area contributed by atoms with E-state index in [1.54, 1.807) is 0 Å². The predicted octanol–water partition coefficient (Wildman–Crippen LogP) is 1.58. The third kappa shape index (κ3) is 1.98. The molecule has 96 valence electrons. The van der Waals surface area contributed by atoms with Gasteiger partial charge in [-0.3, -0.25) is 0 Å². The first kappa shape index (κ1) is 12.9. The lowest BCUT2D eigenvalue weighted by atomic mass is 10.1. The minimum absolute atomic E-state index is 0.529. The summed E-state index contributed by atoms with van der Waals surface area (Å²) in [5.41, 5.74) is 0. The summed E-state index contributed by atoms with van der Waals surface area (Å²) in [5.74, 6) is 0. The quantitative estimate of drug-likeness (QED) is 0.757. The van der Waals surface area contributed by atoms with E-state index in [1.807, 2.05) is 6.08 Å². The van der Waals surface area contributed by atoms with Crippen LogP contribution >= 0.6 is 0 Å². The van der Waals surface area contributed by atoms with E-state index in [0.29, 0.717) is 6.04 Å². The highest BCUT2D eigenvalue weighted by atomic mass is 15.0. The highest BCUT2D eigenvalue weighted by molar-refractivity contribution is 5.44. The van der Waals surface area contributed by atoms with Gasteiger partial charge >= 0.3 is 0 Å². The molecule has 1 aromatic rings. The van der Waals surface area contributed by atoms with Crippen molar-refractivity contribution < 1.29 is 0 Å². The maximum absolute atomic E-state index is 3.86. The molecule has 1 heteroatoms. The zero-order valence-electron chi connectivity index (χ0n) is 11.7. The summed E-state index contributed by atoms with van der Waals surface area (Å²) < 4.78 is 2.47. The minimum atomic E-state index is 0.529. The highest BCUT2D eigenvalue weighted by Crippen LogP contribution is 2.03. The third-order valence-corrected chi connectivity index (χ3v) is 3.81. The molecule has 1 aromatic heterocycles. The molecule has 0 aromatic carbocycles. The molecule has 18 heavy (non-hydrogen) atoms. The van der Waals surface area contributed by atoms with Crippen molar-refractivity contribution in [1.29, 1.82) is 0 Å². The number of nitrogens with zero attached hydrogens (tertiary/aromatic N) is 1. The topological polar surface area (TPSA) is 4.93 Å². The molecular formula is C17H23N. The first-order valence-corrected chi connectivity index (χ1v) is 6.94. The van der Waals surface area contributed by atoms with Gasteiger partial charge in [0.2, 0.25) is 0 Å². The van der Waals surface area contributed by atoms with Gasteiger partial charge in [0.1, 0.15) is 0 Å². The average Bonchev–Trinajstić information content (AvgIpc) is 2.71. The van der Waals surface area contributed by atoms with E-state index in [4.69, 9.17) is 0 Å². The summed E-state index contributed by atoms with van der Waals surface area (Å²) in [6.45, 7) is 10.5. The van der Waals surface area contributed by atoms with Crippen LogP contribution < -0.4 is 21.1 Å². The highest BCUT2D eigenvalue weighted by Gasteiger charge is 2.09. The van der Waals surface area contributed by atoms with E-state index in [9.17, 15) is 0 Å². The fraction of sp³-hybridized carbons (Fsp3) is 0.412. The Morgan fingerprint density at radius 1 is 1.39 bits per heavy atom. The van der Waals surface area contributed by atoms with Crippen LogP contribution in [-0.2, 0) is 0 Å². The van der Waals surface area contributed by atoms with Crippen LogP contribution in [0.25, 0.3) is 24.3 Å². The summed E-state index contributed by atoms with van der Waals surface area (Å²) in [7, 11) is 0. The fourth-order valence-corrected chi connectivity index (χ4v) is 2.78. The van der Waals surface area contributed by atoms with Gasteiger partial charge in [-0.1, -0.05) is 37.8 Å². The van der Waals surface area contributed by atoms with Crippen molar-refractivity contribution in [2.45, 2.75) is 46.1 Å². The van der Waals surface area contributed by atoms with Crippen LogP contribution in [0.3, 0.4) is 0 Å². The first-order chi connectivity index (χ1) is 8.74. The fourth-order valence-electron chi connectivity index (χ4n) is 2.78. The number of rotatable bonds is 3. The molecule has 0 radical (unpaired) electrons. The van der Waals surface area contributed by atoms with Crippen molar-refractivity contribution >= 4 is 24.3 Å². The van der Waals surface area contributed by atoms with Gasteiger partial charge < -0.3 is 4.57 Å². The Morgan fingerprint density at radius 2 is 2.11 bits per heavy atom. The molecule has 1 nitrogen and oxygen atoms in total. The predicted molar refractivity (Wildman–Crippen MR) is 80.9 cm³/mol. The van der Waals surface area contributed by atoms with Gasteiger partial charge in [-0.15, -0.1) is 0 Å². The number of hydrogen-bond donors (Lipinski definition) is 0. The normalized spacial score (nSPS) is 17.9. The Balaban J connectivity index is 3.02. The molecule has 0 aliphatic heterocycles. The van der Waals surface area contributed by atoms with Crippen molar-refractivity contribution in [3.05, 3.63) is 33.8 Å². The second kappa shape index (κ2) is 5.43. The lowest BCUT2D eigenvalue weighted by molar-refractivity contribution is 0.509. The van der Waals surface area contributed by atoms with Gasteiger partial charge in [0.15, 0.2) is 0 Å². The van der Waals surface area contributed by atoms with Crippen molar-refractivity contribution in [2.75, 3.05) is 0 Å². The third-order valence-electron chi connectivity index (χ3n) is 3.81. The van der Waals surface area contributed by atoms with Crippen LogP contribution in [0.2, 0.25) is 0 Å². The lowest BCUT2D eigenvalue weighted by Crippen LogP contribution is -2.38. The molecule has 1 heterocycles. The van der Waals surface area contributed by atoms with Crippen molar-refractivity contribution in [1.82, 2.24) is 4.57 Å². The molecule has 0 bridgehead atoms. The Labute approximate surface area is 109 Å². The van der Waals surface area contributed by atoms with Crippen LogP contribution in [0.5, 0.6) is 0 Å². The van der Waals surface area contributed by atoms with Crippen LogP contribution in [-0.4, -0.2) is 4.57 Å². The molecule has 0 amide bonds. The molecule has 1 unspecified atom stereocenters. The zero-order chi connectivity index (χ0) is 13.1. The first-order valence-electron chi connectivity index (χ1n) is 6.94. The Morgan fingerprint density at radius 3 is 2.72 bits per heavy atom. The Hall–Kier alpha value is -1.50. The smallest absolute Gasteiger partial charge is 0.0490 e. The molecule has 1 aliphatic rings. The summed E-state index contributed by atoms with van der Waals surface area (Å²) in [5, 5.41) is 5.48. The number of fused-ring (bicyclic) bond motifs is 1. The Bertz CT molecular complexity index is 671. The molecule has 1 atom stereocenters. The van der Waals surface area contributed by atoms with Crippen LogP contribution in [0.1, 0.15) is 46.1 Å². The summed E-state index contributed by atoms with van der Waals surface area (Å²) in [6, 6.07) is 0.529. The zero-order valence-corrected chi connectivity index (χ0v) is 11.7. The molecule has 0 saturated carbocycles. The van der Waals surface area contributed by atoms with Crippen LogP contribution in [0.4, 0.5) is 0 Å². The van der Waals surface area contributed by atoms with E-state index < -0.39 is 0 Å². The van der Waals surface area contributed by atoms with Crippen molar-refractivity contribution in [2.24, 2.45) is 0 Å². The lowest BCUT2D eigenvalue weighted by Gasteiger charge is -2.13. The minimum Gasteiger partial charge on any atom is -0.338 e. The average molecular weight is 241 g/mol. The largest absolute Gasteiger partial charge is 0.338 e. The van der Waals surface area contributed by atoms with Gasteiger partial charge in [0.05, 0.1) is 0 Å². The SMILES string of the molecule is C=C/C=c1\c(=C/C)c2c(n1C(C)CC)=CCCC=2. The van der Waals surface area contributed by atoms with E-state index in [1.165, 1.54) is 21.1 Å². The maximum atomic E-state index is 3.86. The van der Waals surface area contributed by atoms with Gasteiger partial charge in [0, 0.05) is 27.2 Å². The molecule has 0 fully saturated rings. The van der Waals surface area contributed by atoms with Gasteiger partial charge in [-0.05, 0) is 39.2 Å². The molecule has 0 N–H and O–H groups in total. The van der Waals surface area contributed by atoms with Crippen LogP contribution in [0, 0.1) is 0 Å². The van der Waals surface area contributed by atoms with Crippen LogP contribution in [0.15, 0.2) is 12.7 Å². The molecule has 1 aliphatic carbocycles. The van der Waals surface area contributed by atoms with E-state index in [0.717, 1.165) is 19.3 Å². The monoisotopic (exact) mass is 241 g/mol. The molecule has 2 rings (SSSR count). The van der Waals surface area contributed by atoms with Gasteiger partial charge in [-0.2, -0.15) is 0 Å². The number of hydrogen-bond acceptors (Lipinski definition) is 0. The van der Waals surface area contributed by atoms with Gasteiger partial charge in [0.25, 0.3) is 0 Å². The molecule has 0 saturated heterocycles. The summed E-state index contributed by atoms with van der Waals surface area (Å²) in [4.78, 5) is 0. The van der Waals surface area contributed by atoms with Crippen molar-refractivity contribution in [3.8, 4) is 0 Å². The summed E-state index contributed by atoms with van der Waals surface area (Å²) >= 11 is 0. The maximum Gasteiger partial charge on any atom is 0.0490 e. The number of allylic oxidation sites excluding steroid dienone is 1. The standard InChI is InChI=1S/C17H23N/c1-5-10-16-14(7-3)15-11-8-9-12-17(15)18(16)13(4)6-2/h5,7,10-13H,1,6,8-9H2,2-4H3/b14-7-,16-10+. The van der Waals surface area contributed by atoms with Crippen molar-refractivity contribution in [3.63, 3.8) is 0 Å². The summed E-state index contributed by atoms with van der Waals surface area (Å²) in [6.07, 6.45) is 14.5. The molecule has 0 spiro atoms. The van der Waals surface area contributed by atoms with E-state index >= 15 is 0 Å².